The van der Waals surface area contributed by atoms with Gasteiger partial charge in [-0.3, -0.25) is 0 Å². The summed E-state index contributed by atoms with van der Waals surface area (Å²) in [6, 6.07) is 7.56. The van der Waals surface area contributed by atoms with E-state index >= 15 is 0 Å². The third-order valence-electron chi connectivity index (χ3n) is 1.76. The average Bonchev–Trinajstić information content (AvgIpc) is 2.03. The number of hydrogen-bond acceptors (Lipinski definition) is 1. The second-order valence-corrected chi connectivity index (χ2v) is 3.43. The molecular formula is C10H10ClN. The molecule has 0 unspecified atom stereocenters. The van der Waals surface area contributed by atoms with E-state index < -0.39 is 0 Å². The molecule has 0 atom stereocenters. The molecule has 1 aromatic rings. The zero-order chi connectivity index (χ0) is 9.14. The van der Waals surface area contributed by atoms with Crippen LogP contribution in [0.15, 0.2) is 18.2 Å². The Morgan fingerprint density at radius 3 is 2.58 bits per heavy atom. The Kier molecular flexibility index (Phi) is 2.73. The third kappa shape index (κ3) is 1.78. The fraction of sp³-hybridized carbons (Fsp3) is 0.300. The summed E-state index contributed by atoms with van der Waals surface area (Å²) < 4.78 is 0. The van der Waals surface area contributed by atoms with Crippen LogP contribution in [0.2, 0.25) is 5.02 Å². The molecule has 2 heteroatoms. The van der Waals surface area contributed by atoms with Crippen LogP contribution in [-0.2, 0) is 0 Å². The van der Waals surface area contributed by atoms with Crippen molar-refractivity contribution in [2.45, 2.75) is 19.8 Å². The number of benzene rings is 1. The molecule has 0 bridgehead atoms. The van der Waals surface area contributed by atoms with Crippen molar-refractivity contribution < 1.29 is 0 Å². The first kappa shape index (κ1) is 9.09. The van der Waals surface area contributed by atoms with E-state index in [1.807, 2.05) is 12.1 Å². The van der Waals surface area contributed by atoms with E-state index in [-0.39, 0.29) is 0 Å². The summed E-state index contributed by atoms with van der Waals surface area (Å²) in [5, 5.41) is 9.40. The molecular weight excluding hydrogens is 170 g/mol. The van der Waals surface area contributed by atoms with E-state index in [1.54, 1.807) is 6.07 Å². The Morgan fingerprint density at radius 1 is 1.42 bits per heavy atom. The molecule has 1 aromatic carbocycles. The van der Waals surface area contributed by atoms with Crippen LogP contribution in [0, 0.1) is 11.3 Å². The predicted molar refractivity (Wildman–Crippen MR) is 50.3 cm³/mol. The third-order valence-corrected chi connectivity index (χ3v) is 1.99. The summed E-state index contributed by atoms with van der Waals surface area (Å²) in [7, 11) is 0. The van der Waals surface area contributed by atoms with E-state index in [9.17, 15) is 0 Å². The molecule has 1 rings (SSSR count). The lowest BCUT2D eigenvalue weighted by molar-refractivity contribution is 0.862. The SMILES string of the molecule is CC(C)c1ccc(Cl)cc1C#N. The summed E-state index contributed by atoms with van der Waals surface area (Å²) in [4.78, 5) is 0. The molecule has 0 heterocycles. The number of rotatable bonds is 1. The molecule has 0 aliphatic rings. The van der Waals surface area contributed by atoms with Crippen molar-refractivity contribution in [2.75, 3.05) is 0 Å². The zero-order valence-corrected chi connectivity index (χ0v) is 7.89. The molecule has 0 fully saturated rings. The van der Waals surface area contributed by atoms with E-state index in [0.717, 1.165) is 5.56 Å². The summed E-state index contributed by atoms with van der Waals surface area (Å²) in [5.74, 6) is 0.372. The summed E-state index contributed by atoms with van der Waals surface area (Å²) in [6.07, 6.45) is 0. The van der Waals surface area contributed by atoms with Crippen LogP contribution in [-0.4, -0.2) is 0 Å². The lowest BCUT2D eigenvalue weighted by atomic mass is 9.98. The Bertz CT molecular complexity index is 323. The molecule has 0 saturated carbocycles. The van der Waals surface area contributed by atoms with Gasteiger partial charge in [0, 0.05) is 5.02 Å². The first-order valence-corrected chi connectivity index (χ1v) is 4.22. The van der Waals surface area contributed by atoms with Crippen LogP contribution in [0.1, 0.15) is 30.9 Å². The van der Waals surface area contributed by atoms with Gasteiger partial charge in [0.2, 0.25) is 0 Å². The van der Waals surface area contributed by atoms with Gasteiger partial charge in [0.05, 0.1) is 11.6 Å². The standard InChI is InChI=1S/C10H10ClN/c1-7(2)10-4-3-9(11)5-8(10)6-12/h3-5,7H,1-2H3. The summed E-state index contributed by atoms with van der Waals surface area (Å²) in [5.41, 5.74) is 1.74. The van der Waals surface area contributed by atoms with Crippen LogP contribution in [0.4, 0.5) is 0 Å². The van der Waals surface area contributed by atoms with Crippen LogP contribution in [0.25, 0.3) is 0 Å². The average molecular weight is 180 g/mol. The molecule has 1 nitrogen and oxygen atoms in total. The van der Waals surface area contributed by atoms with Crippen molar-refractivity contribution in [1.29, 1.82) is 5.26 Å². The zero-order valence-electron chi connectivity index (χ0n) is 7.13. The highest BCUT2D eigenvalue weighted by Gasteiger charge is 2.05. The van der Waals surface area contributed by atoms with Crippen LogP contribution in [0.3, 0.4) is 0 Å². The van der Waals surface area contributed by atoms with Gasteiger partial charge in [-0.1, -0.05) is 31.5 Å². The minimum atomic E-state index is 0.372. The highest BCUT2D eigenvalue weighted by Crippen LogP contribution is 2.21. The fourth-order valence-corrected chi connectivity index (χ4v) is 1.30. The molecule has 0 aromatic heterocycles. The number of nitrogens with zero attached hydrogens (tertiary/aromatic N) is 1. The summed E-state index contributed by atoms with van der Waals surface area (Å²) >= 11 is 5.75. The maximum atomic E-state index is 8.78. The van der Waals surface area contributed by atoms with Gasteiger partial charge in [-0.15, -0.1) is 0 Å². The predicted octanol–water partition coefficient (Wildman–Crippen LogP) is 3.34. The van der Waals surface area contributed by atoms with Crippen molar-refractivity contribution in [2.24, 2.45) is 0 Å². The van der Waals surface area contributed by atoms with Crippen molar-refractivity contribution in [1.82, 2.24) is 0 Å². The lowest BCUT2D eigenvalue weighted by Gasteiger charge is -2.06. The fourth-order valence-electron chi connectivity index (χ4n) is 1.13. The van der Waals surface area contributed by atoms with Crippen LogP contribution < -0.4 is 0 Å². The van der Waals surface area contributed by atoms with Gasteiger partial charge in [-0.05, 0) is 23.6 Å². The van der Waals surface area contributed by atoms with Crippen molar-refractivity contribution in [3.05, 3.63) is 34.3 Å². The Morgan fingerprint density at radius 2 is 2.08 bits per heavy atom. The molecule has 0 spiro atoms. The van der Waals surface area contributed by atoms with Crippen LogP contribution in [0.5, 0.6) is 0 Å². The van der Waals surface area contributed by atoms with Crippen molar-refractivity contribution >= 4 is 11.6 Å². The quantitative estimate of drug-likeness (QED) is 0.649. The van der Waals surface area contributed by atoms with E-state index in [0.29, 0.717) is 16.5 Å². The lowest BCUT2D eigenvalue weighted by Crippen LogP contribution is -1.91. The van der Waals surface area contributed by atoms with Crippen molar-refractivity contribution in [3.8, 4) is 6.07 Å². The van der Waals surface area contributed by atoms with Gasteiger partial charge in [0.25, 0.3) is 0 Å². The van der Waals surface area contributed by atoms with Crippen LogP contribution >= 0.6 is 11.6 Å². The van der Waals surface area contributed by atoms with Gasteiger partial charge in [0.15, 0.2) is 0 Å². The van der Waals surface area contributed by atoms with Gasteiger partial charge >= 0.3 is 0 Å². The smallest absolute Gasteiger partial charge is 0.0995 e. The maximum Gasteiger partial charge on any atom is 0.0995 e. The minimum absolute atomic E-state index is 0.372. The largest absolute Gasteiger partial charge is 0.192 e. The number of hydrogen-bond donors (Lipinski definition) is 0. The first-order chi connectivity index (χ1) is 5.65. The second-order valence-electron chi connectivity index (χ2n) is 3.00. The van der Waals surface area contributed by atoms with Gasteiger partial charge in [-0.25, -0.2) is 0 Å². The second kappa shape index (κ2) is 3.60. The topological polar surface area (TPSA) is 23.8 Å². The molecule has 0 aliphatic heterocycles. The van der Waals surface area contributed by atoms with Crippen molar-refractivity contribution in [3.63, 3.8) is 0 Å². The molecule has 0 saturated heterocycles. The minimum Gasteiger partial charge on any atom is -0.192 e. The van der Waals surface area contributed by atoms with Gasteiger partial charge in [-0.2, -0.15) is 5.26 Å². The Hall–Kier alpha value is -1.00. The molecule has 0 N–H and O–H groups in total. The summed E-state index contributed by atoms with van der Waals surface area (Å²) in [6.45, 7) is 4.12. The monoisotopic (exact) mass is 179 g/mol. The Balaban J connectivity index is 3.23. The first-order valence-electron chi connectivity index (χ1n) is 3.84. The highest BCUT2D eigenvalue weighted by atomic mass is 35.5. The number of nitriles is 1. The van der Waals surface area contributed by atoms with Gasteiger partial charge in [0.1, 0.15) is 0 Å². The molecule has 62 valence electrons. The Labute approximate surface area is 77.6 Å². The molecule has 0 aliphatic carbocycles. The highest BCUT2D eigenvalue weighted by molar-refractivity contribution is 6.30. The van der Waals surface area contributed by atoms with E-state index in [4.69, 9.17) is 16.9 Å². The van der Waals surface area contributed by atoms with Gasteiger partial charge < -0.3 is 0 Å². The van der Waals surface area contributed by atoms with E-state index in [1.165, 1.54) is 0 Å². The maximum absolute atomic E-state index is 8.78. The number of halogens is 1. The molecule has 0 amide bonds. The molecule has 0 radical (unpaired) electrons. The normalized spacial score (nSPS) is 9.92. The molecule has 12 heavy (non-hydrogen) atoms. The van der Waals surface area contributed by atoms with E-state index in [2.05, 4.69) is 19.9 Å².